The summed E-state index contributed by atoms with van der Waals surface area (Å²) < 4.78 is 17.3. The molecule has 0 spiro atoms. The van der Waals surface area contributed by atoms with E-state index in [1.54, 1.807) is 49.4 Å². The van der Waals surface area contributed by atoms with Gasteiger partial charge in [0.25, 0.3) is 17.7 Å². The number of hydrogen-bond acceptors (Lipinski definition) is 7. The number of barbiturate groups is 1. The van der Waals surface area contributed by atoms with Crippen molar-refractivity contribution in [3.8, 4) is 17.2 Å². The van der Waals surface area contributed by atoms with Crippen LogP contribution in [0.4, 0.5) is 16.2 Å². The topological polar surface area (TPSA) is 123 Å². The molecule has 5 rings (SSSR count). The second-order valence-electron chi connectivity index (χ2n) is 10.5. The Morgan fingerprint density at radius 3 is 2.30 bits per heavy atom. The predicted octanol–water partition coefficient (Wildman–Crippen LogP) is 5.97. The van der Waals surface area contributed by atoms with Gasteiger partial charge in [-0.15, -0.1) is 0 Å². The minimum absolute atomic E-state index is 0.243. The summed E-state index contributed by atoms with van der Waals surface area (Å²) in [6, 6.07) is 25.7. The first-order valence-electron chi connectivity index (χ1n) is 14.7. The predicted molar refractivity (Wildman–Crippen MR) is 174 cm³/mol. The van der Waals surface area contributed by atoms with Crippen molar-refractivity contribution in [2.75, 3.05) is 23.4 Å². The molecular weight excluding hydrogens is 586 g/mol. The van der Waals surface area contributed by atoms with Crippen LogP contribution in [-0.2, 0) is 21.0 Å². The molecule has 2 N–H and O–H groups in total. The van der Waals surface area contributed by atoms with Crippen LogP contribution < -0.4 is 29.7 Å². The van der Waals surface area contributed by atoms with E-state index in [0.29, 0.717) is 41.7 Å². The highest BCUT2D eigenvalue weighted by Gasteiger charge is 2.36. The van der Waals surface area contributed by atoms with E-state index < -0.39 is 17.8 Å². The quantitative estimate of drug-likeness (QED) is 0.157. The van der Waals surface area contributed by atoms with Crippen molar-refractivity contribution in [2.45, 2.75) is 27.4 Å². The Balaban J connectivity index is 1.28. The van der Waals surface area contributed by atoms with Gasteiger partial charge in [0, 0.05) is 5.69 Å². The normalized spacial score (nSPS) is 13.8. The fourth-order valence-corrected chi connectivity index (χ4v) is 4.65. The van der Waals surface area contributed by atoms with Crippen LogP contribution in [0.25, 0.3) is 6.08 Å². The summed E-state index contributed by atoms with van der Waals surface area (Å²) in [4.78, 5) is 52.3. The zero-order valence-electron chi connectivity index (χ0n) is 25.7. The summed E-state index contributed by atoms with van der Waals surface area (Å²) >= 11 is 0. The maximum absolute atomic E-state index is 13.4. The molecule has 0 unspecified atom stereocenters. The summed E-state index contributed by atoms with van der Waals surface area (Å²) in [6.07, 6.45) is 1.37. The Hall–Kier alpha value is -5.90. The van der Waals surface area contributed by atoms with Crippen molar-refractivity contribution < 1.29 is 33.4 Å². The number of nitrogens with one attached hydrogen (secondary N) is 2. The number of aryl methyl sites for hydroxylation is 2. The molecule has 1 fully saturated rings. The van der Waals surface area contributed by atoms with E-state index in [-0.39, 0.29) is 23.8 Å². The number of urea groups is 1. The Kier molecular flexibility index (Phi) is 9.77. The molecule has 10 nitrogen and oxygen atoms in total. The highest BCUT2D eigenvalue weighted by Crippen LogP contribution is 2.31. The third kappa shape index (κ3) is 7.59. The van der Waals surface area contributed by atoms with Crippen LogP contribution in [0.15, 0.2) is 96.6 Å². The molecule has 234 valence electrons. The first kappa shape index (κ1) is 31.5. The third-order valence-electron chi connectivity index (χ3n) is 7.17. The van der Waals surface area contributed by atoms with Gasteiger partial charge in [0.05, 0.1) is 12.3 Å². The summed E-state index contributed by atoms with van der Waals surface area (Å²) in [5.74, 6) is -0.772. The summed E-state index contributed by atoms with van der Waals surface area (Å²) in [5.41, 5.74) is 4.32. The Bertz CT molecular complexity index is 1800. The molecule has 4 aromatic carbocycles. The lowest BCUT2D eigenvalue weighted by Crippen LogP contribution is -2.54. The number of hydrogen-bond donors (Lipinski definition) is 2. The van der Waals surface area contributed by atoms with Gasteiger partial charge in [-0.3, -0.25) is 19.7 Å². The molecule has 4 aromatic rings. The smallest absolute Gasteiger partial charge is 0.335 e. The highest BCUT2D eigenvalue weighted by molar-refractivity contribution is 6.39. The number of imide groups is 2. The maximum atomic E-state index is 13.4. The second kappa shape index (κ2) is 14.3. The monoisotopic (exact) mass is 619 g/mol. The van der Waals surface area contributed by atoms with E-state index in [9.17, 15) is 19.2 Å². The van der Waals surface area contributed by atoms with Crippen LogP contribution in [0.1, 0.15) is 29.2 Å². The van der Waals surface area contributed by atoms with E-state index in [1.807, 2.05) is 62.4 Å². The molecule has 46 heavy (non-hydrogen) atoms. The average Bonchev–Trinajstić information content (AvgIpc) is 3.04. The van der Waals surface area contributed by atoms with Gasteiger partial charge in [0.1, 0.15) is 17.9 Å². The summed E-state index contributed by atoms with van der Waals surface area (Å²) in [5, 5.41) is 5.04. The SMILES string of the molecule is CCOc1cc(/C=C2/C(=O)NC(=O)N(c3ccc(OCc4ccccc4)cc3)C2=O)ccc1OCC(=O)Nc1ccc(C)c(C)c1. The molecule has 0 bridgehead atoms. The van der Waals surface area contributed by atoms with Crippen LogP contribution in [0, 0.1) is 13.8 Å². The second-order valence-corrected chi connectivity index (χ2v) is 10.5. The lowest BCUT2D eigenvalue weighted by atomic mass is 10.1. The van der Waals surface area contributed by atoms with Gasteiger partial charge in [-0.25, -0.2) is 9.69 Å². The molecule has 1 aliphatic rings. The van der Waals surface area contributed by atoms with Gasteiger partial charge in [-0.1, -0.05) is 42.5 Å². The fourth-order valence-electron chi connectivity index (χ4n) is 4.65. The van der Waals surface area contributed by atoms with E-state index in [4.69, 9.17) is 14.2 Å². The zero-order valence-corrected chi connectivity index (χ0v) is 25.7. The number of carbonyl (C=O) groups is 4. The van der Waals surface area contributed by atoms with Crippen molar-refractivity contribution >= 4 is 41.2 Å². The molecule has 10 heteroatoms. The van der Waals surface area contributed by atoms with Gasteiger partial charge >= 0.3 is 6.03 Å². The highest BCUT2D eigenvalue weighted by atomic mass is 16.5. The van der Waals surface area contributed by atoms with Crippen LogP contribution in [0.2, 0.25) is 0 Å². The molecule has 5 amide bonds. The Labute approximate surface area is 266 Å². The van der Waals surface area contributed by atoms with Gasteiger partial charge < -0.3 is 19.5 Å². The molecule has 0 aliphatic carbocycles. The minimum Gasteiger partial charge on any atom is -0.490 e. The van der Waals surface area contributed by atoms with Crippen LogP contribution in [-0.4, -0.2) is 37.0 Å². The fraction of sp³-hybridized carbons (Fsp3) is 0.167. The lowest BCUT2D eigenvalue weighted by molar-refractivity contribution is -0.122. The maximum Gasteiger partial charge on any atom is 0.335 e. The van der Waals surface area contributed by atoms with E-state index in [1.165, 1.54) is 6.08 Å². The number of rotatable bonds is 11. The standard InChI is InChI=1S/C36H33N3O7/c1-4-44-32-20-26(11-17-31(32)46-22-33(40)37-27-12-10-23(2)24(3)18-27)19-30-34(41)38-36(43)39(35(30)42)28-13-15-29(16-14-28)45-21-25-8-6-5-7-9-25/h5-20H,4,21-22H2,1-3H3,(H,37,40)(H,38,41,43)/b30-19-. The summed E-state index contributed by atoms with van der Waals surface area (Å²) in [7, 11) is 0. The molecule has 1 heterocycles. The van der Waals surface area contributed by atoms with Crippen molar-refractivity contribution in [3.05, 3.63) is 119 Å². The largest absolute Gasteiger partial charge is 0.490 e. The van der Waals surface area contributed by atoms with Crippen LogP contribution in [0.3, 0.4) is 0 Å². The van der Waals surface area contributed by atoms with Crippen molar-refractivity contribution in [2.24, 2.45) is 0 Å². The molecule has 1 saturated heterocycles. The van der Waals surface area contributed by atoms with Crippen molar-refractivity contribution in [3.63, 3.8) is 0 Å². The number of amides is 5. The van der Waals surface area contributed by atoms with E-state index in [2.05, 4.69) is 10.6 Å². The lowest BCUT2D eigenvalue weighted by Gasteiger charge is -2.26. The van der Waals surface area contributed by atoms with Crippen molar-refractivity contribution in [1.29, 1.82) is 0 Å². The number of anilines is 2. The molecule has 0 radical (unpaired) electrons. The van der Waals surface area contributed by atoms with Crippen LogP contribution >= 0.6 is 0 Å². The molecular formula is C36H33N3O7. The van der Waals surface area contributed by atoms with E-state index in [0.717, 1.165) is 21.6 Å². The third-order valence-corrected chi connectivity index (χ3v) is 7.17. The van der Waals surface area contributed by atoms with Gasteiger partial charge in [0.15, 0.2) is 18.1 Å². The molecule has 0 saturated carbocycles. The minimum atomic E-state index is -0.858. The van der Waals surface area contributed by atoms with E-state index >= 15 is 0 Å². The number of benzene rings is 4. The van der Waals surface area contributed by atoms with Gasteiger partial charge in [0.2, 0.25) is 0 Å². The average molecular weight is 620 g/mol. The number of ether oxygens (including phenoxy) is 3. The molecule has 0 aromatic heterocycles. The van der Waals surface area contributed by atoms with Gasteiger partial charge in [-0.2, -0.15) is 0 Å². The first-order valence-corrected chi connectivity index (χ1v) is 14.7. The van der Waals surface area contributed by atoms with Crippen LogP contribution in [0.5, 0.6) is 17.2 Å². The van der Waals surface area contributed by atoms with Gasteiger partial charge in [-0.05, 0) is 97.6 Å². The number of nitrogens with zero attached hydrogens (tertiary/aromatic N) is 1. The molecule has 0 atom stereocenters. The van der Waals surface area contributed by atoms with Crippen molar-refractivity contribution in [1.82, 2.24) is 5.32 Å². The first-order chi connectivity index (χ1) is 22.2. The summed E-state index contributed by atoms with van der Waals surface area (Å²) in [6.45, 7) is 6.15. The Morgan fingerprint density at radius 2 is 1.59 bits per heavy atom. The number of carbonyl (C=O) groups excluding carboxylic acids is 4. The zero-order chi connectivity index (χ0) is 32.6. The Morgan fingerprint density at radius 1 is 0.826 bits per heavy atom. The molecule has 1 aliphatic heterocycles.